The predicted molar refractivity (Wildman–Crippen MR) is 42.0 cm³/mol. The molecule has 0 amide bonds. The third-order valence-corrected chi connectivity index (χ3v) is 1.33. The van der Waals surface area contributed by atoms with Crippen LogP contribution in [-0.4, -0.2) is 4.98 Å². The van der Waals surface area contributed by atoms with Crippen molar-refractivity contribution in [1.82, 2.24) is 4.98 Å². The van der Waals surface area contributed by atoms with E-state index in [1.165, 1.54) is 6.07 Å². The van der Waals surface area contributed by atoms with Crippen LogP contribution in [0.3, 0.4) is 0 Å². The highest BCUT2D eigenvalue weighted by Crippen LogP contribution is 1.55. The van der Waals surface area contributed by atoms with Crippen molar-refractivity contribution in [2.45, 2.75) is 6.92 Å². The molecule has 2 nitrogen and oxygen atoms in total. The first-order chi connectivity index (χ1) is 4.74. The molecule has 0 unspecified atom stereocenters. The standard InChI is InChI=1S/C8H9NO/c1-3-7-6(2)4-5-8(10)9-7/h3-5H,2H2,1H3,(H,9,10)/b7-3+. The lowest BCUT2D eigenvalue weighted by Crippen LogP contribution is -2.31. The van der Waals surface area contributed by atoms with E-state index in [2.05, 4.69) is 11.6 Å². The average molecular weight is 135 g/mol. The van der Waals surface area contributed by atoms with Gasteiger partial charge in [-0.25, -0.2) is 0 Å². The summed E-state index contributed by atoms with van der Waals surface area (Å²) in [6.07, 6.45) is 1.82. The molecule has 1 heterocycles. The van der Waals surface area contributed by atoms with Gasteiger partial charge in [-0.1, -0.05) is 12.7 Å². The Morgan fingerprint density at radius 2 is 2.30 bits per heavy atom. The zero-order valence-corrected chi connectivity index (χ0v) is 5.85. The maximum Gasteiger partial charge on any atom is 0.248 e. The van der Waals surface area contributed by atoms with Gasteiger partial charge < -0.3 is 4.98 Å². The molecule has 10 heavy (non-hydrogen) atoms. The lowest BCUT2D eigenvalue weighted by Gasteiger charge is -1.84. The van der Waals surface area contributed by atoms with Crippen molar-refractivity contribution in [3.63, 3.8) is 0 Å². The van der Waals surface area contributed by atoms with Crippen molar-refractivity contribution in [3.05, 3.63) is 33.1 Å². The Hall–Kier alpha value is -1.31. The second-order valence-electron chi connectivity index (χ2n) is 2.05. The van der Waals surface area contributed by atoms with Gasteiger partial charge in [0.2, 0.25) is 5.56 Å². The number of aromatic amines is 1. The number of pyridine rings is 1. The Kier molecular flexibility index (Phi) is 1.71. The lowest BCUT2D eigenvalue weighted by atomic mass is 10.3. The van der Waals surface area contributed by atoms with Crippen molar-refractivity contribution >= 4 is 12.7 Å². The molecule has 1 aromatic rings. The lowest BCUT2D eigenvalue weighted by molar-refractivity contribution is 1.15. The van der Waals surface area contributed by atoms with Crippen LogP contribution in [0.15, 0.2) is 16.9 Å². The normalized spacial score (nSPS) is 11.9. The maximum atomic E-state index is 10.7. The molecule has 0 spiro atoms. The molecule has 1 N–H and O–H groups in total. The smallest absolute Gasteiger partial charge is 0.248 e. The summed E-state index contributed by atoms with van der Waals surface area (Å²) in [7, 11) is 0. The number of hydrogen-bond donors (Lipinski definition) is 1. The first kappa shape index (κ1) is 6.81. The summed E-state index contributed by atoms with van der Waals surface area (Å²) >= 11 is 0. The van der Waals surface area contributed by atoms with Gasteiger partial charge in [-0.05, 0) is 18.2 Å². The molecule has 0 radical (unpaired) electrons. The average Bonchev–Trinajstić information content (AvgIpc) is 1.94. The predicted octanol–water partition coefficient (Wildman–Crippen LogP) is -0.414. The summed E-state index contributed by atoms with van der Waals surface area (Å²) < 4.78 is 0. The molecule has 0 aliphatic heterocycles. The van der Waals surface area contributed by atoms with Gasteiger partial charge in [-0.15, -0.1) is 0 Å². The quantitative estimate of drug-likeness (QED) is 0.515. The number of H-pyrrole nitrogens is 1. The molecule has 0 atom stereocenters. The van der Waals surface area contributed by atoms with E-state index in [0.29, 0.717) is 0 Å². The highest BCUT2D eigenvalue weighted by Gasteiger charge is 1.80. The molecular formula is C8H9NO. The summed E-state index contributed by atoms with van der Waals surface area (Å²) in [5.41, 5.74) is -0.0829. The van der Waals surface area contributed by atoms with E-state index >= 15 is 0 Å². The first-order valence-corrected chi connectivity index (χ1v) is 3.08. The Morgan fingerprint density at radius 3 is 2.80 bits per heavy atom. The van der Waals surface area contributed by atoms with Crippen LogP contribution in [0.2, 0.25) is 0 Å². The van der Waals surface area contributed by atoms with E-state index in [0.717, 1.165) is 10.6 Å². The van der Waals surface area contributed by atoms with Gasteiger partial charge in [-0.3, -0.25) is 4.79 Å². The molecule has 0 bridgehead atoms. The van der Waals surface area contributed by atoms with Crippen LogP contribution in [0.1, 0.15) is 6.92 Å². The Bertz CT molecular complexity index is 375. The van der Waals surface area contributed by atoms with Gasteiger partial charge in [-0.2, -0.15) is 0 Å². The van der Waals surface area contributed by atoms with Crippen LogP contribution in [0.4, 0.5) is 0 Å². The van der Waals surface area contributed by atoms with Crippen LogP contribution >= 0.6 is 0 Å². The summed E-state index contributed by atoms with van der Waals surface area (Å²) in [5, 5.41) is 1.65. The van der Waals surface area contributed by atoms with Crippen molar-refractivity contribution in [1.29, 1.82) is 0 Å². The Labute approximate surface area is 58.5 Å². The summed E-state index contributed by atoms with van der Waals surface area (Å²) in [6, 6.07) is 3.17. The second-order valence-corrected chi connectivity index (χ2v) is 2.05. The van der Waals surface area contributed by atoms with Crippen LogP contribution in [-0.2, 0) is 0 Å². The van der Waals surface area contributed by atoms with Crippen LogP contribution < -0.4 is 16.1 Å². The van der Waals surface area contributed by atoms with E-state index in [-0.39, 0.29) is 5.56 Å². The number of nitrogens with one attached hydrogen (secondary N) is 1. The van der Waals surface area contributed by atoms with Gasteiger partial charge in [0.1, 0.15) is 0 Å². The molecule has 52 valence electrons. The molecule has 0 aliphatic rings. The zero-order chi connectivity index (χ0) is 7.56. The zero-order valence-electron chi connectivity index (χ0n) is 5.85. The second kappa shape index (κ2) is 2.52. The van der Waals surface area contributed by atoms with Gasteiger partial charge in [0, 0.05) is 11.4 Å². The van der Waals surface area contributed by atoms with Crippen molar-refractivity contribution in [2.75, 3.05) is 0 Å². The van der Waals surface area contributed by atoms with Gasteiger partial charge >= 0.3 is 0 Å². The van der Waals surface area contributed by atoms with E-state index in [9.17, 15) is 4.79 Å². The molecule has 0 aliphatic carbocycles. The van der Waals surface area contributed by atoms with Crippen molar-refractivity contribution in [3.8, 4) is 0 Å². The molecule has 1 aromatic heterocycles. The topological polar surface area (TPSA) is 32.9 Å². The van der Waals surface area contributed by atoms with Gasteiger partial charge in [0.05, 0.1) is 0 Å². The molecule has 0 aromatic carbocycles. The van der Waals surface area contributed by atoms with Crippen molar-refractivity contribution in [2.24, 2.45) is 0 Å². The SMILES string of the molecule is C=c1ccc(=O)[nH]/c1=C/C. The molecule has 0 fully saturated rings. The first-order valence-electron chi connectivity index (χ1n) is 3.08. The molecule has 2 heteroatoms. The minimum absolute atomic E-state index is 0.0829. The van der Waals surface area contributed by atoms with E-state index in [1.54, 1.807) is 6.07 Å². The molecule has 0 saturated carbocycles. The third-order valence-electron chi connectivity index (χ3n) is 1.33. The number of aromatic nitrogens is 1. The Morgan fingerprint density at radius 1 is 1.60 bits per heavy atom. The third kappa shape index (κ3) is 1.16. The summed E-state index contributed by atoms with van der Waals surface area (Å²) in [4.78, 5) is 13.3. The number of rotatable bonds is 0. The largest absolute Gasteiger partial charge is 0.322 e. The monoisotopic (exact) mass is 135 g/mol. The fourth-order valence-electron chi connectivity index (χ4n) is 0.778. The number of hydrogen-bond acceptors (Lipinski definition) is 1. The van der Waals surface area contributed by atoms with Gasteiger partial charge in [0.15, 0.2) is 0 Å². The fourth-order valence-corrected chi connectivity index (χ4v) is 0.778. The molecular weight excluding hydrogens is 126 g/mol. The van der Waals surface area contributed by atoms with Crippen LogP contribution in [0.25, 0.3) is 12.7 Å². The van der Waals surface area contributed by atoms with Crippen LogP contribution in [0.5, 0.6) is 0 Å². The fraction of sp³-hybridized carbons (Fsp3) is 0.125. The van der Waals surface area contributed by atoms with E-state index in [1.807, 2.05) is 13.0 Å². The van der Waals surface area contributed by atoms with Gasteiger partial charge in [0.25, 0.3) is 0 Å². The summed E-state index contributed by atoms with van der Waals surface area (Å²) in [6.45, 7) is 5.59. The molecule has 0 saturated heterocycles. The summed E-state index contributed by atoms with van der Waals surface area (Å²) in [5.74, 6) is 0. The highest BCUT2D eigenvalue weighted by atomic mass is 16.1. The highest BCUT2D eigenvalue weighted by molar-refractivity contribution is 5.18. The van der Waals surface area contributed by atoms with Crippen LogP contribution in [0, 0.1) is 0 Å². The van der Waals surface area contributed by atoms with E-state index < -0.39 is 0 Å². The minimum Gasteiger partial charge on any atom is -0.322 e. The maximum absolute atomic E-state index is 10.7. The Balaban J connectivity index is 3.69. The van der Waals surface area contributed by atoms with E-state index in [4.69, 9.17) is 0 Å². The minimum atomic E-state index is -0.0829. The molecule has 1 rings (SSSR count). The van der Waals surface area contributed by atoms with Crippen molar-refractivity contribution < 1.29 is 0 Å².